The number of carboxylic acids is 1. The minimum absolute atomic E-state index is 0.302. The van der Waals surface area contributed by atoms with E-state index in [-0.39, 0.29) is 5.92 Å². The topological polar surface area (TPSA) is 162 Å². The quantitative estimate of drug-likeness (QED) is 0.336. The molecule has 0 aromatic rings. The number of carboxylic acid groups (broad SMARTS) is 1. The molecule has 1 aliphatic heterocycles. The molecule has 10 heteroatoms. The van der Waals surface area contributed by atoms with E-state index in [2.05, 4.69) is 10.6 Å². The van der Waals surface area contributed by atoms with Crippen molar-refractivity contribution in [2.75, 3.05) is 6.54 Å². The van der Waals surface area contributed by atoms with Crippen LogP contribution in [0.5, 0.6) is 0 Å². The second-order valence-corrected chi connectivity index (χ2v) is 7.27. The monoisotopic (exact) mass is 386 g/mol. The van der Waals surface area contributed by atoms with E-state index in [4.69, 9.17) is 5.73 Å². The largest absolute Gasteiger partial charge is 0.480 e. The molecule has 1 heterocycles. The summed E-state index contributed by atoms with van der Waals surface area (Å²) < 4.78 is 0. The highest BCUT2D eigenvalue weighted by atomic mass is 16.4. The van der Waals surface area contributed by atoms with Crippen LogP contribution in [-0.4, -0.2) is 75.6 Å². The van der Waals surface area contributed by atoms with Gasteiger partial charge < -0.3 is 31.5 Å². The zero-order valence-electron chi connectivity index (χ0n) is 16.1. The normalized spacial score (nSPS) is 21.3. The summed E-state index contributed by atoms with van der Waals surface area (Å²) in [6.45, 7) is 6.50. The molecule has 1 saturated heterocycles. The van der Waals surface area contributed by atoms with Crippen molar-refractivity contribution in [2.24, 2.45) is 11.7 Å². The molecule has 1 fully saturated rings. The fraction of sp³-hybridized carbons (Fsp3) is 0.765. The minimum Gasteiger partial charge on any atom is -0.480 e. The van der Waals surface area contributed by atoms with E-state index in [9.17, 15) is 29.4 Å². The van der Waals surface area contributed by atoms with Crippen molar-refractivity contribution in [3.05, 3.63) is 0 Å². The van der Waals surface area contributed by atoms with E-state index >= 15 is 0 Å². The van der Waals surface area contributed by atoms with E-state index in [1.807, 2.05) is 0 Å². The molecule has 0 spiro atoms. The highest BCUT2D eigenvalue weighted by molar-refractivity contribution is 5.94. The van der Waals surface area contributed by atoms with Crippen LogP contribution in [0.3, 0.4) is 0 Å². The molecule has 27 heavy (non-hydrogen) atoms. The number of amides is 3. The molecular formula is C17H30N4O6. The number of rotatable bonds is 8. The molecule has 1 rings (SSSR count). The Morgan fingerprint density at radius 3 is 2.04 bits per heavy atom. The van der Waals surface area contributed by atoms with Gasteiger partial charge in [0, 0.05) is 6.54 Å². The molecule has 1 aliphatic rings. The third kappa shape index (κ3) is 5.90. The molecule has 3 amide bonds. The van der Waals surface area contributed by atoms with E-state index < -0.39 is 54.0 Å². The standard InChI is InChI=1S/C17H30N4O6/c1-8(2)12(16(25)21-7-5-6-11(21)17(26)27)19-15(24)13(10(4)22)20-14(23)9(3)18/h8-13,22H,5-7,18H2,1-4H3,(H,19,24)(H,20,23)(H,26,27). The first-order valence-corrected chi connectivity index (χ1v) is 9.05. The van der Waals surface area contributed by atoms with Crippen molar-refractivity contribution in [1.29, 1.82) is 0 Å². The van der Waals surface area contributed by atoms with Crippen LogP contribution >= 0.6 is 0 Å². The number of nitrogens with two attached hydrogens (primary N) is 1. The minimum atomic E-state index is -1.29. The summed E-state index contributed by atoms with van der Waals surface area (Å²) in [7, 11) is 0. The smallest absolute Gasteiger partial charge is 0.326 e. The molecule has 0 aliphatic carbocycles. The van der Waals surface area contributed by atoms with Gasteiger partial charge in [-0.1, -0.05) is 13.8 Å². The second-order valence-electron chi connectivity index (χ2n) is 7.27. The van der Waals surface area contributed by atoms with Crippen molar-refractivity contribution in [3.8, 4) is 0 Å². The Bertz CT molecular complexity index is 578. The van der Waals surface area contributed by atoms with Crippen LogP contribution in [0.2, 0.25) is 0 Å². The van der Waals surface area contributed by atoms with Crippen molar-refractivity contribution < 1.29 is 29.4 Å². The van der Waals surface area contributed by atoms with E-state index in [1.165, 1.54) is 18.7 Å². The zero-order chi connectivity index (χ0) is 20.9. The summed E-state index contributed by atoms with van der Waals surface area (Å²) in [4.78, 5) is 49.8. The van der Waals surface area contributed by atoms with Crippen molar-refractivity contribution in [3.63, 3.8) is 0 Å². The molecule has 0 saturated carbocycles. The first kappa shape index (κ1) is 22.8. The van der Waals surface area contributed by atoms with Crippen LogP contribution in [0.25, 0.3) is 0 Å². The van der Waals surface area contributed by atoms with Gasteiger partial charge in [-0.25, -0.2) is 4.79 Å². The van der Waals surface area contributed by atoms with Crippen LogP contribution in [0.4, 0.5) is 0 Å². The molecule has 6 N–H and O–H groups in total. The third-order valence-corrected chi connectivity index (χ3v) is 4.53. The Morgan fingerprint density at radius 1 is 1.04 bits per heavy atom. The van der Waals surface area contributed by atoms with Gasteiger partial charge in [0.05, 0.1) is 12.1 Å². The Hall–Kier alpha value is -2.20. The number of hydrogen-bond acceptors (Lipinski definition) is 6. The van der Waals surface area contributed by atoms with Crippen LogP contribution in [-0.2, 0) is 19.2 Å². The van der Waals surface area contributed by atoms with Crippen LogP contribution < -0.4 is 16.4 Å². The molecule has 10 nitrogen and oxygen atoms in total. The van der Waals surface area contributed by atoms with Crippen molar-refractivity contribution >= 4 is 23.7 Å². The van der Waals surface area contributed by atoms with Crippen LogP contribution in [0.1, 0.15) is 40.5 Å². The van der Waals surface area contributed by atoms with Crippen LogP contribution in [0, 0.1) is 5.92 Å². The first-order valence-electron chi connectivity index (χ1n) is 9.05. The summed E-state index contributed by atoms with van der Waals surface area (Å²) in [6, 6.07) is -4.05. The highest BCUT2D eigenvalue weighted by Gasteiger charge is 2.39. The number of carbonyl (C=O) groups excluding carboxylic acids is 3. The number of hydrogen-bond donors (Lipinski definition) is 5. The number of likely N-dealkylation sites (tertiary alicyclic amines) is 1. The van der Waals surface area contributed by atoms with E-state index in [0.29, 0.717) is 19.4 Å². The predicted octanol–water partition coefficient (Wildman–Crippen LogP) is -1.58. The molecule has 0 radical (unpaired) electrons. The molecule has 154 valence electrons. The lowest BCUT2D eigenvalue weighted by Crippen LogP contribution is -2.60. The number of nitrogens with one attached hydrogen (secondary N) is 2. The lowest BCUT2D eigenvalue weighted by Gasteiger charge is -2.31. The van der Waals surface area contributed by atoms with Gasteiger partial charge in [0.2, 0.25) is 17.7 Å². The molecule has 0 aromatic heterocycles. The van der Waals surface area contributed by atoms with Gasteiger partial charge in [-0.05, 0) is 32.6 Å². The number of nitrogens with zero attached hydrogens (tertiary/aromatic N) is 1. The van der Waals surface area contributed by atoms with E-state index in [1.54, 1.807) is 13.8 Å². The molecule has 5 unspecified atom stereocenters. The second kappa shape index (κ2) is 9.65. The summed E-state index contributed by atoms with van der Waals surface area (Å²) in [6.07, 6.45) is -0.280. The van der Waals surface area contributed by atoms with Crippen molar-refractivity contribution in [1.82, 2.24) is 15.5 Å². The average Bonchev–Trinajstić information content (AvgIpc) is 3.05. The van der Waals surface area contributed by atoms with Gasteiger partial charge in [0.1, 0.15) is 18.1 Å². The number of carbonyl (C=O) groups is 4. The van der Waals surface area contributed by atoms with Gasteiger partial charge in [-0.15, -0.1) is 0 Å². The Morgan fingerprint density at radius 2 is 1.59 bits per heavy atom. The lowest BCUT2D eigenvalue weighted by molar-refractivity contribution is -0.150. The Labute approximate surface area is 158 Å². The summed E-state index contributed by atoms with van der Waals surface area (Å²) in [5.74, 6) is -3.26. The van der Waals surface area contributed by atoms with Gasteiger partial charge >= 0.3 is 5.97 Å². The van der Waals surface area contributed by atoms with Gasteiger partial charge in [0.15, 0.2) is 0 Å². The third-order valence-electron chi connectivity index (χ3n) is 4.53. The maximum Gasteiger partial charge on any atom is 0.326 e. The predicted molar refractivity (Wildman–Crippen MR) is 96.4 cm³/mol. The molecule has 0 bridgehead atoms. The molecule has 0 aromatic carbocycles. The summed E-state index contributed by atoms with van der Waals surface area (Å²) >= 11 is 0. The highest BCUT2D eigenvalue weighted by Crippen LogP contribution is 2.20. The zero-order valence-corrected chi connectivity index (χ0v) is 16.1. The molecule has 5 atom stereocenters. The summed E-state index contributed by atoms with van der Waals surface area (Å²) in [5, 5.41) is 24.0. The van der Waals surface area contributed by atoms with Gasteiger partial charge in [0.25, 0.3) is 0 Å². The first-order chi connectivity index (χ1) is 12.5. The van der Waals surface area contributed by atoms with Gasteiger partial charge in [-0.3, -0.25) is 14.4 Å². The van der Waals surface area contributed by atoms with Gasteiger partial charge in [-0.2, -0.15) is 0 Å². The SMILES string of the molecule is CC(N)C(=O)NC(C(=O)NC(C(=O)N1CCCC1C(=O)O)C(C)C)C(C)O. The lowest BCUT2D eigenvalue weighted by atomic mass is 10.0. The number of aliphatic carboxylic acids is 1. The maximum atomic E-state index is 12.8. The average molecular weight is 386 g/mol. The van der Waals surface area contributed by atoms with Crippen LogP contribution in [0.15, 0.2) is 0 Å². The number of aliphatic hydroxyl groups is 1. The van der Waals surface area contributed by atoms with Crippen molar-refractivity contribution in [2.45, 2.75) is 70.8 Å². The maximum absolute atomic E-state index is 12.8. The Kier molecular flexibility index (Phi) is 8.17. The fourth-order valence-electron chi connectivity index (χ4n) is 2.91. The Balaban J connectivity index is 2.94. The fourth-order valence-corrected chi connectivity index (χ4v) is 2.91. The molecular weight excluding hydrogens is 356 g/mol. The summed E-state index contributed by atoms with van der Waals surface area (Å²) in [5.41, 5.74) is 5.47. The van der Waals surface area contributed by atoms with E-state index in [0.717, 1.165) is 0 Å². The number of aliphatic hydroxyl groups excluding tert-OH is 1.